The number of benzene rings is 1. The fourth-order valence-corrected chi connectivity index (χ4v) is 4.91. The highest BCUT2D eigenvalue weighted by atomic mass is 16.5. The highest BCUT2D eigenvalue weighted by molar-refractivity contribution is 5.92. The number of amides is 1. The van der Waals surface area contributed by atoms with Crippen LogP contribution in [0.1, 0.15) is 24.0 Å². The van der Waals surface area contributed by atoms with E-state index in [-0.39, 0.29) is 24.5 Å². The molecule has 0 bridgehead atoms. The summed E-state index contributed by atoms with van der Waals surface area (Å²) in [4.78, 5) is 33.3. The molecule has 12 heteroatoms. The third kappa shape index (κ3) is 7.47. The van der Waals surface area contributed by atoms with Crippen molar-refractivity contribution in [1.82, 2.24) is 35.6 Å². The van der Waals surface area contributed by atoms with Gasteiger partial charge in [0.2, 0.25) is 5.91 Å². The first-order chi connectivity index (χ1) is 20.0. The molecule has 4 N–H and O–H groups in total. The Hall–Kier alpha value is -3.84. The van der Waals surface area contributed by atoms with Crippen LogP contribution in [0.5, 0.6) is 0 Å². The Balaban J connectivity index is 1.19. The van der Waals surface area contributed by atoms with E-state index in [1.165, 1.54) is 0 Å². The van der Waals surface area contributed by atoms with Crippen LogP contribution in [-0.2, 0) is 27.4 Å². The highest BCUT2D eigenvalue weighted by Crippen LogP contribution is 2.32. The average molecular weight is 562 g/mol. The molecule has 1 saturated heterocycles. The number of fused-ring (bicyclic) bond motifs is 2. The van der Waals surface area contributed by atoms with Crippen LogP contribution < -0.4 is 26.4 Å². The summed E-state index contributed by atoms with van der Waals surface area (Å²) in [7, 11) is 3.88. The van der Waals surface area contributed by atoms with Crippen molar-refractivity contribution in [2.75, 3.05) is 70.4 Å². The number of anilines is 2. The molecule has 1 amide bonds. The van der Waals surface area contributed by atoms with E-state index in [4.69, 9.17) is 14.8 Å². The molecule has 2 aliphatic rings. The number of aromatic nitrogens is 3. The van der Waals surface area contributed by atoms with E-state index in [0.29, 0.717) is 51.8 Å². The van der Waals surface area contributed by atoms with Gasteiger partial charge in [-0.15, -0.1) is 5.10 Å². The first-order valence-corrected chi connectivity index (χ1v) is 14.1. The molecule has 2 aliphatic heterocycles. The monoisotopic (exact) mass is 561 g/mol. The van der Waals surface area contributed by atoms with Gasteiger partial charge in [0.05, 0.1) is 18.9 Å². The first kappa shape index (κ1) is 28.7. The third-order valence-electron chi connectivity index (χ3n) is 7.04. The van der Waals surface area contributed by atoms with Crippen LogP contribution in [0.2, 0.25) is 0 Å². The highest BCUT2D eigenvalue weighted by Gasteiger charge is 2.22. The van der Waals surface area contributed by atoms with Crippen molar-refractivity contribution < 1.29 is 14.3 Å². The Morgan fingerprint density at radius 3 is 2.85 bits per heavy atom. The van der Waals surface area contributed by atoms with Crippen LogP contribution in [0.15, 0.2) is 42.6 Å². The fraction of sp³-hybridized carbons (Fsp3) is 0.448. The zero-order valence-corrected chi connectivity index (χ0v) is 23.8. The molecule has 4 heterocycles. The standard InChI is InChI=1S/C29H39N9O3/c1-36(2)12-4-5-22(39)8-9-27(40)31-11-10-30-18-21-17-26-29(37-13-15-41-16-14-37)33-28(35-38(26)20-21)23-6-3-7-25-24(23)19-32-34-25/h3-7,17,20,30,32,34H,8-16,18-19H2,1-2H3,(H,31,40)/b5-4+. The summed E-state index contributed by atoms with van der Waals surface area (Å²) in [6.45, 7) is 6.02. The van der Waals surface area contributed by atoms with Gasteiger partial charge in [0.25, 0.3) is 0 Å². The van der Waals surface area contributed by atoms with E-state index in [1.54, 1.807) is 6.08 Å². The predicted molar refractivity (Wildman–Crippen MR) is 159 cm³/mol. The first-order valence-electron chi connectivity index (χ1n) is 14.1. The molecule has 0 aliphatic carbocycles. The molecule has 0 unspecified atom stereocenters. The summed E-state index contributed by atoms with van der Waals surface area (Å²) >= 11 is 0. The number of carbonyl (C=O) groups excluding carboxylic acids is 2. The molecule has 41 heavy (non-hydrogen) atoms. The van der Waals surface area contributed by atoms with Gasteiger partial charge in [0, 0.05) is 76.0 Å². The number of hydrazine groups is 1. The second-order valence-electron chi connectivity index (χ2n) is 10.5. The maximum atomic E-state index is 12.1. The Morgan fingerprint density at radius 2 is 2.02 bits per heavy atom. The van der Waals surface area contributed by atoms with Gasteiger partial charge in [-0.1, -0.05) is 18.2 Å². The maximum Gasteiger partial charge on any atom is 0.220 e. The van der Waals surface area contributed by atoms with Crippen LogP contribution in [0.25, 0.3) is 16.9 Å². The molecule has 2 aromatic heterocycles. The molecule has 218 valence electrons. The average Bonchev–Trinajstić information content (AvgIpc) is 3.62. The molecular formula is C29H39N9O3. The van der Waals surface area contributed by atoms with E-state index in [9.17, 15) is 9.59 Å². The number of nitrogens with one attached hydrogen (secondary N) is 4. The van der Waals surface area contributed by atoms with Crippen LogP contribution >= 0.6 is 0 Å². The molecule has 12 nitrogen and oxygen atoms in total. The Kier molecular flexibility index (Phi) is 9.57. The number of ketones is 1. The van der Waals surface area contributed by atoms with Gasteiger partial charge >= 0.3 is 0 Å². The number of rotatable bonds is 13. The van der Waals surface area contributed by atoms with Crippen molar-refractivity contribution in [2.24, 2.45) is 0 Å². The number of hydrogen-bond acceptors (Lipinski definition) is 10. The number of carbonyl (C=O) groups is 2. The van der Waals surface area contributed by atoms with Crippen molar-refractivity contribution in [3.8, 4) is 11.4 Å². The largest absolute Gasteiger partial charge is 0.378 e. The quantitative estimate of drug-likeness (QED) is 0.179. The van der Waals surface area contributed by atoms with Gasteiger partial charge in [0.15, 0.2) is 17.4 Å². The van der Waals surface area contributed by atoms with Crippen molar-refractivity contribution >= 4 is 28.7 Å². The minimum absolute atomic E-state index is 0.0337. The lowest BCUT2D eigenvalue weighted by molar-refractivity contribution is -0.123. The van der Waals surface area contributed by atoms with E-state index < -0.39 is 0 Å². The molecule has 1 aromatic carbocycles. The summed E-state index contributed by atoms with van der Waals surface area (Å²) < 4.78 is 7.51. The van der Waals surface area contributed by atoms with Gasteiger partial charge in [-0.05, 0) is 37.9 Å². The summed E-state index contributed by atoms with van der Waals surface area (Å²) in [6, 6.07) is 8.25. The number of morpholine rings is 1. The minimum Gasteiger partial charge on any atom is -0.378 e. The third-order valence-corrected chi connectivity index (χ3v) is 7.04. The zero-order valence-electron chi connectivity index (χ0n) is 23.8. The summed E-state index contributed by atoms with van der Waals surface area (Å²) in [5.41, 5.74) is 11.6. The minimum atomic E-state index is -0.119. The summed E-state index contributed by atoms with van der Waals surface area (Å²) in [5, 5.41) is 11.2. The summed E-state index contributed by atoms with van der Waals surface area (Å²) in [5.74, 6) is 1.44. The van der Waals surface area contributed by atoms with Gasteiger partial charge in [-0.3, -0.25) is 9.59 Å². The smallest absolute Gasteiger partial charge is 0.220 e. The van der Waals surface area contributed by atoms with Gasteiger partial charge in [0.1, 0.15) is 5.52 Å². The Morgan fingerprint density at radius 1 is 1.17 bits per heavy atom. The van der Waals surface area contributed by atoms with Crippen LogP contribution in [0.3, 0.4) is 0 Å². The lowest BCUT2D eigenvalue weighted by Gasteiger charge is -2.28. The molecular weight excluding hydrogens is 522 g/mol. The topological polar surface area (TPSA) is 128 Å². The number of likely N-dealkylation sites (N-methyl/N-ethyl adjacent to an activating group) is 1. The zero-order chi connectivity index (χ0) is 28.6. The number of allylic oxidation sites excluding steroid dienone is 1. The van der Waals surface area contributed by atoms with Crippen molar-refractivity contribution in [2.45, 2.75) is 25.9 Å². The number of nitrogens with zero attached hydrogens (tertiary/aromatic N) is 5. The van der Waals surface area contributed by atoms with Crippen molar-refractivity contribution in [1.29, 1.82) is 0 Å². The lowest BCUT2D eigenvalue weighted by Crippen LogP contribution is -2.37. The van der Waals surface area contributed by atoms with Gasteiger partial charge < -0.3 is 30.6 Å². The van der Waals surface area contributed by atoms with Gasteiger partial charge in [-0.2, -0.15) is 0 Å². The maximum absolute atomic E-state index is 12.1. The van der Waals surface area contributed by atoms with E-state index in [2.05, 4.69) is 38.5 Å². The SMILES string of the molecule is CN(C)C/C=C/C(=O)CCC(=O)NCCNCc1cc2c(N3CCOCC3)nc(-c3cccc4c3CNN4)nn2c1. The summed E-state index contributed by atoms with van der Waals surface area (Å²) in [6.07, 6.45) is 5.81. The second-order valence-corrected chi connectivity index (χ2v) is 10.5. The van der Waals surface area contributed by atoms with Gasteiger partial charge in [-0.25, -0.2) is 14.9 Å². The predicted octanol–water partition coefficient (Wildman–Crippen LogP) is 1.34. The van der Waals surface area contributed by atoms with Crippen LogP contribution in [-0.4, -0.2) is 91.2 Å². The molecule has 0 spiro atoms. The number of hydrogen-bond donors (Lipinski definition) is 4. The molecule has 0 saturated carbocycles. The molecule has 0 atom stereocenters. The Bertz CT molecular complexity index is 1400. The van der Waals surface area contributed by atoms with Crippen molar-refractivity contribution in [3.63, 3.8) is 0 Å². The van der Waals surface area contributed by atoms with E-state index in [0.717, 1.165) is 46.8 Å². The van der Waals surface area contributed by atoms with E-state index >= 15 is 0 Å². The van der Waals surface area contributed by atoms with E-state index in [1.807, 2.05) is 47.9 Å². The lowest BCUT2D eigenvalue weighted by atomic mass is 10.1. The molecule has 5 rings (SSSR count). The van der Waals surface area contributed by atoms with Crippen LogP contribution in [0.4, 0.5) is 11.5 Å². The molecule has 0 radical (unpaired) electrons. The fourth-order valence-electron chi connectivity index (χ4n) is 4.91. The van der Waals surface area contributed by atoms with Crippen molar-refractivity contribution in [3.05, 3.63) is 53.7 Å². The Labute approximate surface area is 240 Å². The number of ether oxygens (including phenoxy) is 1. The molecule has 3 aromatic rings. The normalized spacial score (nSPS) is 15.0. The second kappa shape index (κ2) is 13.7. The molecule has 1 fully saturated rings. The van der Waals surface area contributed by atoms with Crippen LogP contribution in [0, 0.1) is 0 Å².